The third-order valence-corrected chi connectivity index (χ3v) is 10.7. The van der Waals surface area contributed by atoms with Crippen molar-refractivity contribution in [2.24, 2.45) is 41.1 Å². The molecular weight excluding hydrogens is 464 g/mol. The Kier molecular flexibility index (Phi) is 8.74. The van der Waals surface area contributed by atoms with E-state index in [1.807, 2.05) is 0 Å². The maximum Gasteiger partial charge on any atom is 0.239 e. The number of amidine groups is 1. The van der Waals surface area contributed by atoms with Crippen molar-refractivity contribution in [1.29, 1.82) is 5.41 Å². The lowest BCUT2D eigenvalue weighted by molar-refractivity contribution is -0.140. The lowest BCUT2D eigenvalue weighted by atomic mass is 9.75. The minimum Gasteiger partial charge on any atom is -0.387 e. The van der Waals surface area contributed by atoms with Gasteiger partial charge in [-0.15, -0.1) is 0 Å². The highest BCUT2D eigenvalue weighted by molar-refractivity contribution is 5.83. The number of nitrogens with two attached hydrogens (primary N) is 2. The molecule has 8 heteroatoms. The molecule has 5 rings (SSSR count). The molecule has 2 heterocycles. The molecular formula is C29H50N6O2. The number of rotatable bonds is 7. The Bertz CT molecular complexity index is 827. The Labute approximate surface area is 223 Å². The van der Waals surface area contributed by atoms with Crippen LogP contribution in [0.5, 0.6) is 0 Å². The second kappa shape index (κ2) is 12.0. The van der Waals surface area contributed by atoms with E-state index in [1.54, 1.807) is 0 Å². The number of carbonyl (C=O) groups excluding carboxylic acids is 2. The molecule has 208 valence electrons. The molecule has 0 spiro atoms. The van der Waals surface area contributed by atoms with Gasteiger partial charge in [-0.3, -0.25) is 19.9 Å². The van der Waals surface area contributed by atoms with Crippen molar-refractivity contribution in [1.82, 2.24) is 15.1 Å². The number of nitrogens with one attached hydrogen (secondary N) is 2. The smallest absolute Gasteiger partial charge is 0.239 e. The lowest BCUT2D eigenvalue weighted by Crippen LogP contribution is -2.54. The highest BCUT2D eigenvalue weighted by Crippen LogP contribution is 2.44. The van der Waals surface area contributed by atoms with Crippen LogP contribution in [0.1, 0.15) is 89.9 Å². The van der Waals surface area contributed by atoms with Crippen LogP contribution >= 0.6 is 0 Å². The molecule has 0 bridgehead atoms. The number of nitrogens with zero attached hydrogens (tertiary/aromatic N) is 2. The fraction of sp³-hybridized carbons (Fsp3) is 0.897. The van der Waals surface area contributed by atoms with Crippen molar-refractivity contribution in [3.8, 4) is 0 Å². The van der Waals surface area contributed by atoms with E-state index in [9.17, 15) is 9.59 Å². The van der Waals surface area contributed by atoms with Crippen LogP contribution in [-0.4, -0.2) is 71.8 Å². The topological polar surface area (TPSA) is 129 Å². The van der Waals surface area contributed by atoms with Crippen molar-refractivity contribution in [2.45, 2.75) is 108 Å². The van der Waals surface area contributed by atoms with Crippen LogP contribution in [0.3, 0.4) is 0 Å². The highest BCUT2D eigenvalue weighted by atomic mass is 16.2. The summed E-state index contributed by atoms with van der Waals surface area (Å²) in [6.07, 6.45) is 15.1. The Hall–Kier alpha value is -1.67. The molecule has 0 aromatic heterocycles. The van der Waals surface area contributed by atoms with Gasteiger partial charge in [-0.25, -0.2) is 0 Å². The van der Waals surface area contributed by atoms with Crippen LogP contribution in [0.25, 0.3) is 0 Å². The molecule has 5 aliphatic rings. The van der Waals surface area contributed by atoms with Crippen LogP contribution in [0, 0.1) is 35.0 Å². The monoisotopic (exact) mass is 514 g/mol. The zero-order valence-electron chi connectivity index (χ0n) is 22.7. The molecule has 2 amide bonds. The average molecular weight is 515 g/mol. The van der Waals surface area contributed by atoms with Gasteiger partial charge in [-0.05, 0) is 87.9 Å². The number of amides is 2. The SMILES string of the molecule is N=C(N)C1CCC2CC(C(=O)N3CCC4CCCCC4C3)N(CC3CCC(NC(=O)CCN)CC3)C2C1. The summed E-state index contributed by atoms with van der Waals surface area (Å²) in [5, 5.41) is 11.2. The van der Waals surface area contributed by atoms with Gasteiger partial charge in [-0.2, -0.15) is 0 Å². The predicted molar refractivity (Wildman–Crippen MR) is 146 cm³/mol. The zero-order chi connectivity index (χ0) is 25.9. The first-order valence-electron chi connectivity index (χ1n) is 15.3. The molecule has 2 aliphatic heterocycles. The van der Waals surface area contributed by atoms with Gasteiger partial charge >= 0.3 is 0 Å². The number of piperidine rings is 1. The number of likely N-dealkylation sites (tertiary alicyclic amines) is 2. The molecule has 2 saturated heterocycles. The van der Waals surface area contributed by atoms with Gasteiger partial charge in [0, 0.05) is 50.6 Å². The zero-order valence-corrected chi connectivity index (χ0v) is 22.7. The first-order chi connectivity index (χ1) is 17.9. The fourth-order valence-electron chi connectivity index (χ4n) is 8.56. The number of carbonyl (C=O) groups is 2. The minimum atomic E-state index is -0.0113. The molecule has 6 N–H and O–H groups in total. The molecule has 0 radical (unpaired) electrons. The van der Waals surface area contributed by atoms with Crippen LogP contribution in [0.15, 0.2) is 0 Å². The largest absolute Gasteiger partial charge is 0.387 e. The van der Waals surface area contributed by atoms with Gasteiger partial charge in [0.15, 0.2) is 0 Å². The third-order valence-electron chi connectivity index (χ3n) is 10.7. The Morgan fingerprint density at radius 3 is 2.38 bits per heavy atom. The molecule has 6 unspecified atom stereocenters. The van der Waals surface area contributed by atoms with Crippen molar-refractivity contribution < 1.29 is 9.59 Å². The van der Waals surface area contributed by atoms with Gasteiger partial charge in [0.25, 0.3) is 0 Å². The first-order valence-corrected chi connectivity index (χ1v) is 15.3. The van der Waals surface area contributed by atoms with Crippen molar-refractivity contribution in [2.75, 3.05) is 26.2 Å². The summed E-state index contributed by atoms with van der Waals surface area (Å²) in [5.74, 6) is 3.55. The van der Waals surface area contributed by atoms with Gasteiger partial charge in [0.1, 0.15) is 0 Å². The fourth-order valence-corrected chi connectivity index (χ4v) is 8.56. The van der Waals surface area contributed by atoms with Gasteiger partial charge in [-0.1, -0.05) is 19.3 Å². The molecule has 37 heavy (non-hydrogen) atoms. The van der Waals surface area contributed by atoms with Crippen LogP contribution < -0.4 is 16.8 Å². The van der Waals surface area contributed by atoms with E-state index in [1.165, 1.54) is 32.1 Å². The molecule has 5 fully saturated rings. The number of fused-ring (bicyclic) bond motifs is 2. The Morgan fingerprint density at radius 1 is 0.892 bits per heavy atom. The average Bonchev–Trinajstić information content (AvgIpc) is 3.26. The van der Waals surface area contributed by atoms with Gasteiger partial charge in [0.2, 0.25) is 11.8 Å². The van der Waals surface area contributed by atoms with Crippen molar-refractivity contribution in [3.05, 3.63) is 0 Å². The summed E-state index contributed by atoms with van der Waals surface area (Å²) in [4.78, 5) is 30.9. The van der Waals surface area contributed by atoms with Crippen LogP contribution in [-0.2, 0) is 9.59 Å². The first kappa shape index (κ1) is 26.9. The van der Waals surface area contributed by atoms with Gasteiger partial charge in [0.05, 0.1) is 11.9 Å². The van der Waals surface area contributed by atoms with E-state index in [2.05, 4.69) is 15.1 Å². The third kappa shape index (κ3) is 6.16. The minimum absolute atomic E-state index is 0.0113. The molecule has 0 aromatic carbocycles. The molecule has 3 aliphatic carbocycles. The van der Waals surface area contributed by atoms with Crippen molar-refractivity contribution >= 4 is 17.6 Å². The lowest BCUT2D eigenvalue weighted by Gasteiger charge is -2.44. The van der Waals surface area contributed by atoms with Gasteiger partial charge < -0.3 is 21.7 Å². The summed E-state index contributed by atoms with van der Waals surface area (Å²) in [7, 11) is 0. The standard InChI is InChI=1S/C29H50N6O2/c30-13-11-27(36)33-24-9-5-19(6-10-24)17-35-25-16-22(28(31)32)8-7-21(25)15-26(35)29(37)34-14-12-20-3-1-2-4-23(20)18-34/h19-26H,1-18,30H2,(H3,31,32)(H,33,36). The Morgan fingerprint density at radius 2 is 1.65 bits per heavy atom. The maximum absolute atomic E-state index is 14.1. The van der Waals surface area contributed by atoms with E-state index in [0.717, 1.165) is 76.9 Å². The highest BCUT2D eigenvalue weighted by Gasteiger charge is 2.49. The molecule has 8 nitrogen and oxygen atoms in total. The molecule has 3 saturated carbocycles. The normalized spacial score (nSPS) is 38.5. The quantitative estimate of drug-likeness (QED) is 0.307. The summed E-state index contributed by atoms with van der Waals surface area (Å²) < 4.78 is 0. The Balaban J connectivity index is 1.25. The van der Waals surface area contributed by atoms with E-state index in [-0.39, 0.29) is 23.9 Å². The van der Waals surface area contributed by atoms with E-state index in [4.69, 9.17) is 16.9 Å². The van der Waals surface area contributed by atoms with Crippen LogP contribution in [0.2, 0.25) is 0 Å². The molecule has 6 atom stereocenters. The number of hydrogen-bond donors (Lipinski definition) is 4. The second-order valence-electron chi connectivity index (χ2n) is 12.9. The summed E-state index contributed by atoms with van der Waals surface area (Å²) in [6.45, 7) is 3.26. The maximum atomic E-state index is 14.1. The predicted octanol–water partition coefficient (Wildman–Crippen LogP) is 2.84. The molecule has 0 aromatic rings. The van der Waals surface area contributed by atoms with E-state index < -0.39 is 0 Å². The summed E-state index contributed by atoms with van der Waals surface area (Å²) in [5.41, 5.74) is 11.5. The van der Waals surface area contributed by atoms with Crippen molar-refractivity contribution in [3.63, 3.8) is 0 Å². The van der Waals surface area contributed by atoms with E-state index in [0.29, 0.717) is 48.5 Å². The van der Waals surface area contributed by atoms with E-state index >= 15 is 0 Å². The summed E-state index contributed by atoms with van der Waals surface area (Å²) >= 11 is 0. The second-order valence-corrected chi connectivity index (χ2v) is 12.9. The summed E-state index contributed by atoms with van der Waals surface area (Å²) in [6, 6.07) is 0.612. The van der Waals surface area contributed by atoms with Crippen LogP contribution in [0.4, 0.5) is 0 Å². The number of hydrogen-bond acceptors (Lipinski definition) is 5.